The molecule has 88 valence electrons. The molecule has 2 unspecified atom stereocenters. The minimum absolute atomic E-state index is 0.565. The molecule has 0 amide bonds. The van der Waals surface area contributed by atoms with Crippen molar-refractivity contribution in [3.8, 4) is 0 Å². The van der Waals surface area contributed by atoms with Crippen molar-refractivity contribution in [3.63, 3.8) is 0 Å². The molecule has 3 heteroatoms. The number of anilines is 1. The second-order valence-corrected chi connectivity index (χ2v) is 4.92. The van der Waals surface area contributed by atoms with Crippen LogP contribution in [0.1, 0.15) is 44.2 Å². The third-order valence-corrected chi connectivity index (χ3v) is 3.56. The smallest absolute Gasteiger partial charge is 0.127 e. The third kappa shape index (κ3) is 2.13. The van der Waals surface area contributed by atoms with E-state index in [2.05, 4.69) is 18.5 Å². The number of nitrogen functional groups attached to an aromatic ring is 1. The van der Waals surface area contributed by atoms with Gasteiger partial charge in [0.2, 0.25) is 0 Å². The number of hydrogen-bond acceptors (Lipinski definition) is 2. The van der Waals surface area contributed by atoms with Crippen LogP contribution in [0.2, 0.25) is 0 Å². The van der Waals surface area contributed by atoms with Crippen LogP contribution in [0.15, 0.2) is 19.0 Å². The fraction of sp³-hybridized carbons (Fsp3) is 0.615. The average molecular weight is 219 g/mol. The van der Waals surface area contributed by atoms with Crippen LogP contribution in [-0.2, 0) is 6.54 Å². The SMILES string of the molecule is C=CCn1cnc(C2CCCC(C)C2)c1N. The van der Waals surface area contributed by atoms with Gasteiger partial charge in [-0.2, -0.15) is 0 Å². The summed E-state index contributed by atoms with van der Waals surface area (Å²) >= 11 is 0. The Kier molecular flexibility index (Phi) is 3.32. The van der Waals surface area contributed by atoms with E-state index in [0.717, 1.165) is 24.0 Å². The summed E-state index contributed by atoms with van der Waals surface area (Å²) in [6, 6.07) is 0. The van der Waals surface area contributed by atoms with Gasteiger partial charge in [-0.1, -0.05) is 25.8 Å². The Morgan fingerprint density at radius 3 is 3.12 bits per heavy atom. The molecule has 2 rings (SSSR count). The van der Waals surface area contributed by atoms with Crippen LogP contribution in [-0.4, -0.2) is 9.55 Å². The Labute approximate surface area is 97.4 Å². The van der Waals surface area contributed by atoms with Gasteiger partial charge in [0.15, 0.2) is 0 Å². The maximum absolute atomic E-state index is 6.12. The van der Waals surface area contributed by atoms with Crippen LogP contribution in [0, 0.1) is 5.92 Å². The monoisotopic (exact) mass is 219 g/mol. The number of nitrogens with zero attached hydrogens (tertiary/aromatic N) is 2. The van der Waals surface area contributed by atoms with Gasteiger partial charge in [-0.15, -0.1) is 6.58 Å². The standard InChI is InChI=1S/C13H21N3/c1-3-7-16-9-15-12(13(16)14)11-6-4-5-10(2)8-11/h3,9-11H,1,4-8,14H2,2H3. The summed E-state index contributed by atoms with van der Waals surface area (Å²) in [6.07, 6.45) is 8.81. The van der Waals surface area contributed by atoms with Crippen molar-refractivity contribution in [3.05, 3.63) is 24.7 Å². The van der Waals surface area contributed by atoms with Gasteiger partial charge in [-0.25, -0.2) is 4.98 Å². The van der Waals surface area contributed by atoms with Gasteiger partial charge >= 0.3 is 0 Å². The quantitative estimate of drug-likeness (QED) is 0.794. The molecule has 2 N–H and O–H groups in total. The van der Waals surface area contributed by atoms with E-state index < -0.39 is 0 Å². The lowest BCUT2D eigenvalue weighted by Crippen LogP contribution is -2.14. The first kappa shape index (κ1) is 11.2. The second-order valence-electron chi connectivity index (χ2n) is 4.92. The maximum Gasteiger partial charge on any atom is 0.127 e. The number of allylic oxidation sites excluding steroid dienone is 1. The molecule has 1 aliphatic rings. The van der Waals surface area contributed by atoms with Crippen molar-refractivity contribution in [2.45, 2.75) is 45.1 Å². The molecule has 3 nitrogen and oxygen atoms in total. The topological polar surface area (TPSA) is 43.8 Å². The number of aromatic nitrogens is 2. The molecule has 1 fully saturated rings. The number of nitrogens with two attached hydrogens (primary N) is 1. The van der Waals surface area contributed by atoms with Crippen molar-refractivity contribution in [1.82, 2.24) is 9.55 Å². The Morgan fingerprint density at radius 2 is 2.44 bits per heavy atom. The van der Waals surface area contributed by atoms with Crippen molar-refractivity contribution in [2.75, 3.05) is 5.73 Å². The normalized spacial score (nSPS) is 25.6. The van der Waals surface area contributed by atoms with E-state index in [-0.39, 0.29) is 0 Å². The average Bonchev–Trinajstić information content (AvgIpc) is 2.61. The molecule has 1 heterocycles. The van der Waals surface area contributed by atoms with Gasteiger partial charge in [-0.3, -0.25) is 0 Å². The van der Waals surface area contributed by atoms with E-state index in [1.165, 1.54) is 25.7 Å². The van der Waals surface area contributed by atoms with Crippen LogP contribution >= 0.6 is 0 Å². The van der Waals surface area contributed by atoms with E-state index >= 15 is 0 Å². The Morgan fingerprint density at radius 1 is 1.62 bits per heavy atom. The fourth-order valence-corrected chi connectivity index (χ4v) is 2.69. The van der Waals surface area contributed by atoms with Crippen LogP contribution in [0.4, 0.5) is 5.82 Å². The van der Waals surface area contributed by atoms with E-state index in [4.69, 9.17) is 5.73 Å². The molecule has 1 aliphatic carbocycles. The molecule has 2 atom stereocenters. The molecular formula is C13H21N3. The zero-order valence-electron chi connectivity index (χ0n) is 10.0. The number of imidazole rings is 1. The molecule has 1 aromatic heterocycles. The zero-order valence-corrected chi connectivity index (χ0v) is 10.0. The predicted octanol–water partition coefficient (Wildman–Crippen LogP) is 2.95. The van der Waals surface area contributed by atoms with Crippen LogP contribution in [0.5, 0.6) is 0 Å². The molecule has 1 aromatic rings. The van der Waals surface area contributed by atoms with Gasteiger partial charge in [0.1, 0.15) is 5.82 Å². The first-order chi connectivity index (χ1) is 7.72. The summed E-state index contributed by atoms with van der Waals surface area (Å²) in [5, 5.41) is 0. The van der Waals surface area contributed by atoms with E-state index in [1.54, 1.807) is 0 Å². The number of hydrogen-bond donors (Lipinski definition) is 1. The van der Waals surface area contributed by atoms with Crippen molar-refractivity contribution < 1.29 is 0 Å². The highest BCUT2D eigenvalue weighted by atomic mass is 15.1. The Balaban J connectivity index is 2.16. The molecule has 1 saturated carbocycles. The second kappa shape index (κ2) is 4.73. The van der Waals surface area contributed by atoms with Gasteiger partial charge < -0.3 is 10.3 Å². The van der Waals surface area contributed by atoms with Crippen molar-refractivity contribution in [1.29, 1.82) is 0 Å². The van der Waals surface area contributed by atoms with Gasteiger partial charge in [0, 0.05) is 12.5 Å². The van der Waals surface area contributed by atoms with E-state index in [0.29, 0.717) is 5.92 Å². The van der Waals surface area contributed by atoms with Crippen molar-refractivity contribution in [2.24, 2.45) is 5.92 Å². The zero-order chi connectivity index (χ0) is 11.5. The maximum atomic E-state index is 6.12. The molecule has 0 radical (unpaired) electrons. The van der Waals surface area contributed by atoms with E-state index in [9.17, 15) is 0 Å². The lowest BCUT2D eigenvalue weighted by molar-refractivity contribution is 0.341. The number of rotatable bonds is 3. The molecule has 0 bridgehead atoms. The van der Waals surface area contributed by atoms with Gasteiger partial charge in [-0.05, 0) is 18.8 Å². The lowest BCUT2D eigenvalue weighted by atomic mass is 9.81. The molecule has 0 saturated heterocycles. The summed E-state index contributed by atoms with van der Waals surface area (Å²) in [5.41, 5.74) is 7.22. The van der Waals surface area contributed by atoms with Crippen LogP contribution in [0.25, 0.3) is 0 Å². The van der Waals surface area contributed by atoms with Crippen LogP contribution < -0.4 is 5.73 Å². The fourth-order valence-electron chi connectivity index (χ4n) is 2.69. The molecule has 16 heavy (non-hydrogen) atoms. The summed E-state index contributed by atoms with van der Waals surface area (Å²) in [5.74, 6) is 2.21. The van der Waals surface area contributed by atoms with E-state index in [1.807, 2.05) is 17.0 Å². The summed E-state index contributed by atoms with van der Waals surface area (Å²) in [6.45, 7) is 6.80. The van der Waals surface area contributed by atoms with Gasteiger partial charge in [0.25, 0.3) is 0 Å². The molecule has 0 spiro atoms. The first-order valence-electron chi connectivity index (χ1n) is 6.13. The minimum atomic E-state index is 0.565. The largest absolute Gasteiger partial charge is 0.384 e. The highest BCUT2D eigenvalue weighted by molar-refractivity contribution is 5.39. The summed E-state index contributed by atoms with van der Waals surface area (Å²) < 4.78 is 1.97. The highest BCUT2D eigenvalue weighted by Gasteiger charge is 2.24. The summed E-state index contributed by atoms with van der Waals surface area (Å²) in [4.78, 5) is 4.48. The van der Waals surface area contributed by atoms with Gasteiger partial charge in [0.05, 0.1) is 12.0 Å². The molecule has 0 aliphatic heterocycles. The Hall–Kier alpha value is -1.25. The lowest BCUT2D eigenvalue weighted by Gasteiger charge is -2.25. The van der Waals surface area contributed by atoms with Crippen molar-refractivity contribution >= 4 is 5.82 Å². The third-order valence-electron chi connectivity index (χ3n) is 3.56. The highest BCUT2D eigenvalue weighted by Crippen LogP contribution is 2.37. The predicted molar refractivity (Wildman–Crippen MR) is 67.2 cm³/mol. The Bertz CT molecular complexity index is 367. The first-order valence-corrected chi connectivity index (χ1v) is 6.13. The molecule has 0 aromatic carbocycles. The summed E-state index contributed by atoms with van der Waals surface area (Å²) in [7, 11) is 0. The minimum Gasteiger partial charge on any atom is -0.384 e. The molecular weight excluding hydrogens is 198 g/mol. The van der Waals surface area contributed by atoms with Crippen LogP contribution in [0.3, 0.4) is 0 Å².